The standard InChI is InChI=1S/C26H34N4O4/c1-29-14-11-19-15-18(7-10-22(19)29)23(30-12-5-4-6-13-30)17-27-25(31)26(32)28-21-9-8-20(33-2)16-24(21)34-3/h7-10,15-16,23H,4-6,11-14,17H2,1-3H3,(H,27,31)(H,28,32)/t23-/m1/s1. The zero-order valence-electron chi connectivity index (χ0n) is 20.2. The van der Waals surface area contributed by atoms with E-state index in [2.05, 4.69) is 45.7 Å². The Bertz CT molecular complexity index is 1040. The van der Waals surface area contributed by atoms with Crippen LogP contribution in [0.15, 0.2) is 36.4 Å². The molecule has 1 saturated heterocycles. The van der Waals surface area contributed by atoms with E-state index in [9.17, 15) is 9.59 Å². The van der Waals surface area contributed by atoms with Gasteiger partial charge in [0.2, 0.25) is 0 Å². The number of anilines is 2. The summed E-state index contributed by atoms with van der Waals surface area (Å²) >= 11 is 0. The fourth-order valence-electron chi connectivity index (χ4n) is 4.83. The van der Waals surface area contributed by atoms with Crippen LogP contribution in [0.4, 0.5) is 11.4 Å². The molecule has 0 aliphatic carbocycles. The maximum absolute atomic E-state index is 12.7. The molecule has 0 aromatic heterocycles. The summed E-state index contributed by atoms with van der Waals surface area (Å²) in [6, 6.07) is 11.7. The summed E-state index contributed by atoms with van der Waals surface area (Å²) in [5.41, 5.74) is 4.22. The number of hydrogen-bond acceptors (Lipinski definition) is 6. The van der Waals surface area contributed by atoms with Crippen LogP contribution in [0.1, 0.15) is 36.4 Å². The highest BCUT2D eigenvalue weighted by Crippen LogP contribution is 2.32. The minimum Gasteiger partial charge on any atom is -0.497 e. The van der Waals surface area contributed by atoms with Crippen LogP contribution in [0.3, 0.4) is 0 Å². The highest BCUT2D eigenvalue weighted by atomic mass is 16.5. The minimum atomic E-state index is -0.726. The molecule has 8 nitrogen and oxygen atoms in total. The Kier molecular flexibility index (Phi) is 7.57. The lowest BCUT2D eigenvalue weighted by Gasteiger charge is -2.35. The van der Waals surface area contributed by atoms with Gasteiger partial charge < -0.3 is 25.0 Å². The molecule has 2 aromatic carbocycles. The number of benzene rings is 2. The van der Waals surface area contributed by atoms with E-state index >= 15 is 0 Å². The summed E-state index contributed by atoms with van der Waals surface area (Å²) in [4.78, 5) is 30.0. The van der Waals surface area contributed by atoms with Gasteiger partial charge in [0, 0.05) is 31.9 Å². The van der Waals surface area contributed by atoms with Crippen LogP contribution in [0.2, 0.25) is 0 Å². The van der Waals surface area contributed by atoms with Gasteiger partial charge in [-0.05, 0) is 61.7 Å². The first kappa shape index (κ1) is 23.9. The Morgan fingerprint density at radius 3 is 2.50 bits per heavy atom. The van der Waals surface area contributed by atoms with Gasteiger partial charge in [-0.25, -0.2) is 0 Å². The Hall–Kier alpha value is -3.26. The molecule has 0 saturated carbocycles. The molecule has 0 bridgehead atoms. The maximum Gasteiger partial charge on any atom is 0.313 e. The first-order valence-corrected chi connectivity index (χ1v) is 11.9. The van der Waals surface area contributed by atoms with Gasteiger partial charge in [-0.3, -0.25) is 14.5 Å². The number of carbonyl (C=O) groups excluding carboxylic acids is 2. The van der Waals surface area contributed by atoms with Gasteiger partial charge in [-0.2, -0.15) is 0 Å². The molecule has 0 radical (unpaired) electrons. The number of methoxy groups -OCH3 is 2. The van der Waals surface area contributed by atoms with Crippen molar-refractivity contribution in [2.75, 3.05) is 57.7 Å². The van der Waals surface area contributed by atoms with Crippen molar-refractivity contribution in [3.05, 3.63) is 47.5 Å². The SMILES string of the molecule is COc1ccc(NC(=O)C(=O)NC[C@H](c2ccc3c(c2)CCN3C)N2CCCCC2)c(OC)c1. The fourth-order valence-corrected chi connectivity index (χ4v) is 4.83. The minimum absolute atomic E-state index is 0.0313. The predicted octanol–water partition coefficient (Wildman–Crippen LogP) is 2.98. The molecule has 4 rings (SSSR count). The molecule has 2 aliphatic heterocycles. The van der Waals surface area contributed by atoms with Crippen LogP contribution in [0, 0.1) is 0 Å². The zero-order chi connectivity index (χ0) is 24.1. The number of piperidine rings is 1. The third-order valence-corrected chi connectivity index (χ3v) is 6.77. The van der Waals surface area contributed by atoms with Gasteiger partial charge in [0.15, 0.2) is 0 Å². The number of nitrogens with one attached hydrogen (secondary N) is 2. The van der Waals surface area contributed by atoms with E-state index in [0.29, 0.717) is 23.7 Å². The second kappa shape index (κ2) is 10.8. The number of amides is 2. The van der Waals surface area contributed by atoms with Gasteiger partial charge in [0.1, 0.15) is 11.5 Å². The van der Waals surface area contributed by atoms with E-state index in [0.717, 1.165) is 38.9 Å². The van der Waals surface area contributed by atoms with Crippen molar-refractivity contribution in [2.45, 2.75) is 31.7 Å². The van der Waals surface area contributed by atoms with Crippen molar-refractivity contribution in [1.82, 2.24) is 10.2 Å². The average molecular weight is 467 g/mol. The Balaban J connectivity index is 1.45. The van der Waals surface area contributed by atoms with Gasteiger partial charge in [-0.1, -0.05) is 18.6 Å². The summed E-state index contributed by atoms with van der Waals surface area (Å²) in [5, 5.41) is 5.51. The van der Waals surface area contributed by atoms with Crippen molar-refractivity contribution < 1.29 is 19.1 Å². The fraction of sp³-hybridized carbons (Fsp3) is 0.462. The third kappa shape index (κ3) is 5.28. The third-order valence-electron chi connectivity index (χ3n) is 6.77. The van der Waals surface area contributed by atoms with Crippen LogP contribution in [-0.2, 0) is 16.0 Å². The summed E-state index contributed by atoms with van der Waals surface area (Å²) in [6.07, 6.45) is 4.56. The normalized spacial score (nSPS) is 16.5. The lowest BCUT2D eigenvalue weighted by molar-refractivity contribution is -0.136. The predicted molar refractivity (Wildman–Crippen MR) is 133 cm³/mol. The number of nitrogens with zero attached hydrogens (tertiary/aromatic N) is 2. The van der Waals surface area contributed by atoms with E-state index in [1.165, 1.54) is 30.3 Å². The molecule has 2 N–H and O–H groups in total. The summed E-state index contributed by atoms with van der Waals surface area (Å²) < 4.78 is 10.5. The summed E-state index contributed by atoms with van der Waals surface area (Å²) in [6.45, 7) is 3.39. The zero-order valence-corrected chi connectivity index (χ0v) is 20.2. The van der Waals surface area contributed by atoms with Crippen molar-refractivity contribution in [3.63, 3.8) is 0 Å². The molecule has 2 aromatic rings. The molecule has 8 heteroatoms. The van der Waals surface area contributed by atoms with Crippen LogP contribution >= 0.6 is 0 Å². The molecule has 2 heterocycles. The first-order chi connectivity index (χ1) is 16.5. The van der Waals surface area contributed by atoms with Crippen LogP contribution in [0.5, 0.6) is 11.5 Å². The quantitative estimate of drug-likeness (QED) is 0.611. The molecule has 2 amide bonds. The molecule has 0 spiro atoms. The Morgan fingerprint density at radius 1 is 0.971 bits per heavy atom. The molecule has 182 valence electrons. The summed E-state index contributed by atoms with van der Waals surface area (Å²) in [7, 11) is 5.17. The largest absolute Gasteiger partial charge is 0.497 e. The average Bonchev–Trinajstić information content (AvgIpc) is 3.24. The van der Waals surface area contributed by atoms with Gasteiger partial charge in [-0.15, -0.1) is 0 Å². The molecular formula is C26H34N4O4. The molecule has 0 unspecified atom stereocenters. The van der Waals surface area contributed by atoms with Crippen molar-refractivity contribution in [1.29, 1.82) is 0 Å². The lowest BCUT2D eigenvalue weighted by Crippen LogP contribution is -2.43. The lowest BCUT2D eigenvalue weighted by atomic mass is 9.98. The number of hydrogen-bond donors (Lipinski definition) is 2. The number of fused-ring (bicyclic) bond motifs is 1. The maximum atomic E-state index is 12.7. The number of likely N-dealkylation sites (N-methyl/N-ethyl adjacent to an activating group) is 1. The Labute approximate surface area is 201 Å². The number of likely N-dealkylation sites (tertiary alicyclic amines) is 1. The second-order valence-corrected chi connectivity index (χ2v) is 8.90. The van der Waals surface area contributed by atoms with Crippen LogP contribution in [0.25, 0.3) is 0 Å². The topological polar surface area (TPSA) is 83.1 Å². The molecular weight excluding hydrogens is 432 g/mol. The van der Waals surface area contributed by atoms with Crippen LogP contribution < -0.4 is 25.0 Å². The van der Waals surface area contributed by atoms with Crippen molar-refractivity contribution >= 4 is 23.2 Å². The molecule has 2 aliphatic rings. The molecule has 1 atom stereocenters. The summed E-state index contributed by atoms with van der Waals surface area (Å²) in [5.74, 6) is -0.365. The number of rotatable bonds is 7. The first-order valence-electron chi connectivity index (χ1n) is 11.9. The van der Waals surface area contributed by atoms with Gasteiger partial charge in [0.25, 0.3) is 0 Å². The molecule has 34 heavy (non-hydrogen) atoms. The second-order valence-electron chi connectivity index (χ2n) is 8.90. The van der Waals surface area contributed by atoms with Crippen LogP contribution in [-0.4, -0.2) is 64.2 Å². The van der Waals surface area contributed by atoms with Crippen molar-refractivity contribution in [2.24, 2.45) is 0 Å². The van der Waals surface area contributed by atoms with E-state index in [-0.39, 0.29) is 6.04 Å². The van der Waals surface area contributed by atoms with E-state index < -0.39 is 11.8 Å². The molecule has 1 fully saturated rings. The number of ether oxygens (including phenoxy) is 2. The van der Waals surface area contributed by atoms with Gasteiger partial charge in [0.05, 0.1) is 25.9 Å². The van der Waals surface area contributed by atoms with Gasteiger partial charge >= 0.3 is 11.8 Å². The van der Waals surface area contributed by atoms with E-state index in [4.69, 9.17) is 9.47 Å². The smallest absolute Gasteiger partial charge is 0.313 e. The monoisotopic (exact) mass is 466 g/mol. The Morgan fingerprint density at radius 2 is 1.76 bits per heavy atom. The highest BCUT2D eigenvalue weighted by molar-refractivity contribution is 6.39. The van der Waals surface area contributed by atoms with E-state index in [1.54, 1.807) is 25.3 Å². The number of carbonyl (C=O) groups is 2. The van der Waals surface area contributed by atoms with E-state index in [1.807, 2.05) is 0 Å². The van der Waals surface area contributed by atoms with Crippen molar-refractivity contribution in [3.8, 4) is 11.5 Å². The highest BCUT2D eigenvalue weighted by Gasteiger charge is 2.26.